The van der Waals surface area contributed by atoms with Crippen molar-refractivity contribution in [2.45, 2.75) is 58.8 Å². The second-order valence-electron chi connectivity index (χ2n) is 7.03. The summed E-state index contributed by atoms with van der Waals surface area (Å²) in [6.07, 6.45) is 10.5. The third-order valence-electron chi connectivity index (χ3n) is 5.95. The van der Waals surface area contributed by atoms with Crippen molar-refractivity contribution in [2.75, 3.05) is 0 Å². The van der Waals surface area contributed by atoms with Gasteiger partial charge in [-0.05, 0) is 60.8 Å². The fraction of sp³-hybridized carbons (Fsp3) is 0.706. The van der Waals surface area contributed by atoms with E-state index in [9.17, 15) is 4.79 Å². The Hall–Kier alpha value is -0.850. The first-order chi connectivity index (χ1) is 8.47. The summed E-state index contributed by atoms with van der Waals surface area (Å²) in [6, 6.07) is 0. The summed E-state index contributed by atoms with van der Waals surface area (Å²) in [7, 11) is 0. The lowest BCUT2D eigenvalue weighted by molar-refractivity contribution is -0.119. The Morgan fingerprint density at radius 1 is 1.28 bits per heavy atom. The highest BCUT2D eigenvalue weighted by molar-refractivity contribution is 5.96. The highest BCUT2D eigenvalue weighted by Gasteiger charge is 2.53. The molecule has 0 amide bonds. The second kappa shape index (κ2) is 3.82. The lowest BCUT2D eigenvalue weighted by atomic mass is 9.48. The minimum atomic E-state index is 0.221. The van der Waals surface area contributed by atoms with Gasteiger partial charge in [0.2, 0.25) is 0 Å². The first kappa shape index (κ1) is 12.2. The summed E-state index contributed by atoms with van der Waals surface area (Å²) in [5.74, 6) is 0.730. The number of carbonyl (C=O) groups excluding carboxylic acids is 1. The Balaban J connectivity index is 2.05. The third-order valence-corrected chi connectivity index (χ3v) is 5.95. The molecule has 0 aromatic carbocycles. The molecule has 0 aromatic heterocycles. The molecular weight excluding hydrogens is 220 g/mol. The number of hydrogen-bond acceptors (Lipinski definition) is 1. The van der Waals surface area contributed by atoms with Gasteiger partial charge >= 0.3 is 0 Å². The summed E-state index contributed by atoms with van der Waals surface area (Å²) in [4.78, 5) is 11.9. The van der Waals surface area contributed by atoms with E-state index >= 15 is 0 Å². The van der Waals surface area contributed by atoms with Crippen molar-refractivity contribution in [1.29, 1.82) is 0 Å². The van der Waals surface area contributed by atoms with Gasteiger partial charge in [-0.2, -0.15) is 0 Å². The molecule has 3 atom stereocenters. The van der Waals surface area contributed by atoms with Crippen LogP contribution in [0.2, 0.25) is 0 Å². The lowest BCUT2D eigenvalue weighted by Gasteiger charge is -2.56. The Kier molecular flexibility index (Phi) is 2.59. The zero-order valence-corrected chi connectivity index (χ0v) is 11.7. The van der Waals surface area contributed by atoms with Gasteiger partial charge < -0.3 is 0 Å². The van der Waals surface area contributed by atoms with Crippen LogP contribution in [0.1, 0.15) is 58.8 Å². The summed E-state index contributed by atoms with van der Waals surface area (Å²) in [5, 5.41) is 0. The molecule has 0 bridgehead atoms. The highest BCUT2D eigenvalue weighted by Crippen LogP contribution is 2.62. The predicted octanol–water partition coefficient (Wildman–Crippen LogP) is 4.44. The van der Waals surface area contributed by atoms with Gasteiger partial charge in [0.25, 0.3) is 0 Å². The number of fused-ring (bicyclic) bond motifs is 3. The Morgan fingerprint density at radius 3 is 2.83 bits per heavy atom. The van der Waals surface area contributed by atoms with Crippen LogP contribution in [0.5, 0.6) is 0 Å². The monoisotopic (exact) mass is 244 g/mol. The van der Waals surface area contributed by atoms with E-state index in [1.165, 1.54) is 25.7 Å². The van der Waals surface area contributed by atoms with Crippen LogP contribution in [0.25, 0.3) is 0 Å². The van der Waals surface area contributed by atoms with Gasteiger partial charge in [-0.25, -0.2) is 0 Å². The summed E-state index contributed by atoms with van der Waals surface area (Å²) < 4.78 is 0. The first-order valence-corrected chi connectivity index (χ1v) is 7.40. The average molecular weight is 244 g/mol. The normalized spacial score (nSPS) is 44.1. The molecule has 2 saturated carbocycles. The maximum atomic E-state index is 11.9. The number of carbonyl (C=O) groups is 1. The fourth-order valence-electron chi connectivity index (χ4n) is 4.87. The standard InChI is InChI=1S/C17H24O/c1-12-13-7-10-16(2)9-5-4-6-15(16)17(13,3)11-8-14(12)18/h6,13H,1,4-5,7-11H2,2-3H3/t13?,16-,17+/m1/s1. The molecule has 0 saturated heterocycles. The maximum absolute atomic E-state index is 11.9. The van der Waals surface area contributed by atoms with Crippen LogP contribution in [0, 0.1) is 16.7 Å². The fourth-order valence-corrected chi connectivity index (χ4v) is 4.87. The SMILES string of the molecule is C=C1C(=O)CC[C@]2(C)C3=CCCC[C@]3(C)CCC12. The topological polar surface area (TPSA) is 17.1 Å². The lowest BCUT2D eigenvalue weighted by Crippen LogP contribution is -2.47. The van der Waals surface area contributed by atoms with Crippen molar-refractivity contribution in [3.63, 3.8) is 0 Å². The number of ketones is 1. The molecule has 98 valence electrons. The van der Waals surface area contributed by atoms with Crippen LogP contribution in [-0.2, 0) is 4.79 Å². The molecule has 0 heterocycles. The minimum absolute atomic E-state index is 0.221. The predicted molar refractivity (Wildman–Crippen MR) is 74.3 cm³/mol. The van der Waals surface area contributed by atoms with Gasteiger partial charge in [-0.3, -0.25) is 4.79 Å². The number of rotatable bonds is 0. The van der Waals surface area contributed by atoms with E-state index in [2.05, 4.69) is 26.5 Å². The molecule has 3 rings (SSSR count). The molecule has 18 heavy (non-hydrogen) atoms. The van der Waals surface area contributed by atoms with Gasteiger partial charge in [-0.15, -0.1) is 0 Å². The second-order valence-corrected chi connectivity index (χ2v) is 7.03. The molecule has 1 nitrogen and oxygen atoms in total. The Morgan fingerprint density at radius 2 is 2.06 bits per heavy atom. The van der Waals surface area contributed by atoms with Crippen molar-refractivity contribution in [3.8, 4) is 0 Å². The molecule has 0 radical (unpaired) electrons. The zero-order valence-electron chi connectivity index (χ0n) is 11.7. The van der Waals surface area contributed by atoms with E-state index in [0.717, 1.165) is 18.4 Å². The molecule has 3 aliphatic carbocycles. The van der Waals surface area contributed by atoms with Crippen molar-refractivity contribution < 1.29 is 4.79 Å². The summed E-state index contributed by atoms with van der Waals surface area (Å²) in [5.41, 5.74) is 3.20. The Bertz CT molecular complexity index is 445. The largest absolute Gasteiger partial charge is 0.295 e. The van der Waals surface area contributed by atoms with E-state index in [4.69, 9.17) is 0 Å². The van der Waals surface area contributed by atoms with Gasteiger partial charge in [0.1, 0.15) is 0 Å². The third kappa shape index (κ3) is 1.49. The molecule has 0 aliphatic heterocycles. The molecule has 2 fully saturated rings. The van der Waals surface area contributed by atoms with E-state index in [-0.39, 0.29) is 5.41 Å². The minimum Gasteiger partial charge on any atom is -0.295 e. The van der Waals surface area contributed by atoms with Gasteiger partial charge in [-0.1, -0.05) is 32.1 Å². The zero-order chi connectivity index (χ0) is 13.0. The molecule has 0 aromatic rings. The molecule has 3 aliphatic rings. The van der Waals surface area contributed by atoms with E-state index in [0.29, 0.717) is 23.5 Å². The first-order valence-electron chi connectivity index (χ1n) is 7.40. The Labute approximate surface area is 110 Å². The van der Waals surface area contributed by atoms with Crippen LogP contribution in [0.15, 0.2) is 23.8 Å². The summed E-state index contributed by atoms with van der Waals surface area (Å²) >= 11 is 0. The average Bonchev–Trinajstić information content (AvgIpc) is 2.34. The molecule has 1 unspecified atom stereocenters. The molecule has 1 heteroatoms. The van der Waals surface area contributed by atoms with Crippen LogP contribution in [0.4, 0.5) is 0 Å². The van der Waals surface area contributed by atoms with Crippen LogP contribution >= 0.6 is 0 Å². The molecule has 0 spiro atoms. The quantitative estimate of drug-likeness (QED) is 0.455. The van der Waals surface area contributed by atoms with Gasteiger partial charge in [0.05, 0.1) is 0 Å². The van der Waals surface area contributed by atoms with E-state index in [1.807, 2.05) is 0 Å². The number of allylic oxidation sites excluding steroid dienone is 3. The van der Waals surface area contributed by atoms with E-state index < -0.39 is 0 Å². The summed E-state index contributed by atoms with van der Waals surface area (Å²) in [6.45, 7) is 8.94. The van der Waals surface area contributed by atoms with E-state index in [1.54, 1.807) is 5.57 Å². The smallest absolute Gasteiger partial charge is 0.158 e. The van der Waals surface area contributed by atoms with Crippen molar-refractivity contribution in [2.24, 2.45) is 16.7 Å². The van der Waals surface area contributed by atoms with Gasteiger partial charge in [0, 0.05) is 6.42 Å². The van der Waals surface area contributed by atoms with Crippen molar-refractivity contribution >= 4 is 5.78 Å². The van der Waals surface area contributed by atoms with Crippen LogP contribution < -0.4 is 0 Å². The number of hydrogen-bond donors (Lipinski definition) is 0. The van der Waals surface area contributed by atoms with Crippen LogP contribution in [0.3, 0.4) is 0 Å². The van der Waals surface area contributed by atoms with Crippen LogP contribution in [-0.4, -0.2) is 5.78 Å². The molecule has 0 N–H and O–H groups in total. The van der Waals surface area contributed by atoms with Crippen molar-refractivity contribution in [1.82, 2.24) is 0 Å². The highest BCUT2D eigenvalue weighted by atomic mass is 16.1. The van der Waals surface area contributed by atoms with Crippen molar-refractivity contribution in [3.05, 3.63) is 23.8 Å². The maximum Gasteiger partial charge on any atom is 0.158 e. The number of Topliss-reactive ketones (excluding diaryl/α,β-unsaturated/α-hetero) is 1. The van der Waals surface area contributed by atoms with Gasteiger partial charge in [0.15, 0.2) is 5.78 Å². The molecular formula is C17H24O.